The van der Waals surface area contributed by atoms with Crippen molar-refractivity contribution in [2.24, 2.45) is 55.7 Å². The highest BCUT2D eigenvalue weighted by Crippen LogP contribution is 2.75. The van der Waals surface area contributed by atoms with Crippen molar-refractivity contribution >= 4 is 17.8 Å². The summed E-state index contributed by atoms with van der Waals surface area (Å²) in [4.78, 5) is 44.0. The van der Waals surface area contributed by atoms with Crippen LogP contribution in [0.3, 0.4) is 0 Å². The molecular formula is C45H65NO6. The smallest absolute Gasteiger partial charge is 0.413 e. The van der Waals surface area contributed by atoms with Crippen LogP contribution in [0.25, 0.3) is 0 Å². The minimum Gasteiger partial charge on any atom is -0.444 e. The molecule has 5 fully saturated rings. The Morgan fingerprint density at radius 2 is 1.63 bits per heavy atom. The summed E-state index contributed by atoms with van der Waals surface area (Å²) in [5.41, 5.74) is 0.200. The molecule has 0 radical (unpaired) electrons. The number of rotatable bonds is 4. The van der Waals surface area contributed by atoms with Crippen molar-refractivity contribution in [1.29, 1.82) is 0 Å². The van der Waals surface area contributed by atoms with Crippen LogP contribution >= 0.6 is 0 Å². The van der Waals surface area contributed by atoms with Crippen LogP contribution in [-0.4, -0.2) is 46.2 Å². The molecule has 0 aromatic heterocycles. The van der Waals surface area contributed by atoms with E-state index in [9.17, 15) is 20.9 Å². The van der Waals surface area contributed by atoms with E-state index >= 15 is 0 Å². The van der Waals surface area contributed by atoms with Gasteiger partial charge in [0.2, 0.25) is 0 Å². The Balaban J connectivity index is 1.21. The lowest BCUT2D eigenvalue weighted by Gasteiger charge is -2.70. The maximum atomic E-state index is 14.8. The van der Waals surface area contributed by atoms with Gasteiger partial charge >= 0.3 is 12.1 Å². The van der Waals surface area contributed by atoms with Crippen LogP contribution in [0.15, 0.2) is 42.0 Å². The first kappa shape index (κ1) is 36.3. The molecule has 0 spiro atoms. The number of fused-ring (bicyclic) bond motifs is 7. The van der Waals surface area contributed by atoms with E-state index in [4.69, 9.17) is 9.47 Å². The molecule has 286 valence electrons. The van der Waals surface area contributed by atoms with Gasteiger partial charge in [-0.1, -0.05) is 105 Å². The zero-order valence-corrected chi connectivity index (χ0v) is 33.6. The van der Waals surface area contributed by atoms with Gasteiger partial charge in [0, 0.05) is 11.3 Å². The molecule has 0 bridgehead atoms. The van der Waals surface area contributed by atoms with Gasteiger partial charge in [0.15, 0.2) is 12.0 Å². The molecule has 7 rings (SSSR count). The Morgan fingerprint density at radius 3 is 2.31 bits per heavy atom. The van der Waals surface area contributed by atoms with Gasteiger partial charge in [-0.05, 0) is 120 Å². The lowest BCUT2D eigenvalue weighted by Crippen LogP contribution is -2.66. The van der Waals surface area contributed by atoms with E-state index in [1.807, 2.05) is 51.1 Å². The summed E-state index contributed by atoms with van der Waals surface area (Å²) >= 11 is 0. The lowest BCUT2D eigenvalue weighted by atomic mass is 9.33. The molecule has 1 heterocycles. The molecule has 1 aliphatic heterocycles. The molecule has 1 saturated heterocycles. The Morgan fingerprint density at radius 1 is 0.962 bits per heavy atom. The normalized spacial score (nSPS) is 45.8. The molecule has 4 saturated carbocycles. The number of aliphatic hydroxyl groups excluding tert-OH is 1. The fourth-order valence-corrected chi connectivity index (χ4v) is 13.0. The van der Waals surface area contributed by atoms with Crippen molar-refractivity contribution in [2.75, 3.05) is 0 Å². The minimum absolute atomic E-state index is 0.00000505. The monoisotopic (exact) mass is 716 g/mol. The van der Waals surface area contributed by atoms with Gasteiger partial charge in [0.25, 0.3) is 0 Å². The summed E-state index contributed by atoms with van der Waals surface area (Å²) in [6.07, 6.45) is 8.35. The maximum Gasteiger partial charge on any atom is 0.413 e. The summed E-state index contributed by atoms with van der Waals surface area (Å²) < 4.78 is 21.6. The summed E-state index contributed by atoms with van der Waals surface area (Å²) in [6, 6.07) is 7.48. The number of benzene rings is 1. The average molecular weight is 717 g/mol. The molecule has 11 atom stereocenters. The zero-order valence-electron chi connectivity index (χ0n) is 34.6. The summed E-state index contributed by atoms with van der Waals surface area (Å²) in [7, 11) is 0. The standard InChI is InChI=1S/C45H65NO6/c1-39(2,3)37-46(38(50)51-27-28-14-12-11-13-15-28)31(36(49)52-37)26-41(6)20-21-42(7)22-23-44(9)29(30(42)25-41)24-32(47)35-43(8)18-17-34(48)40(4,5)33(43)16-19-45(35,44)10/h11-15,24,30-31,33-35,37,48H,16-23,25-27H2,1-10H3/t30-,31-,33-,34-,35+,37-,41?,42+,43-,44+,45+/m0/s1/i31D. The number of esters is 1. The van der Waals surface area contributed by atoms with E-state index in [-0.39, 0.29) is 69.7 Å². The first-order valence-electron chi connectivity index (χ1n) is 20.6. The lowest BCUT2D eigenvalue weighted by molar-refractivity contribution is -0.202. The van der Waals surface area contributed by atoms with Gasteiger partial charge in [-0.2, -0.15) is 0 Å². The molecular weight excluding hydrogens is 650 g/mol. The molecule has 1 amide bonds. The van der Waals surface area contributed by atoms with Gasteiger partial charge < -0.3 is 14.6 Å². The maximum absolute atomic E-state index is 14.8. The Kier molecular flexibility index (Phi) is 8.50. The van der Waals surface area contributed by atoms with Crippen molar-refractivity contribution in [1.82, 2.24) is 4.90 Å². The second-order valence-corrected chi connectivity index (χ2v) is 21.0. The number of aliphatic hydroxyl groups is 1. The minimum atomic E-state index is -1.95. The third-order valence-corrected chi connectivity index (χ3v) is 16.4. The number of nitrogens with zero attached hydrogens (tertiary/aromatic N) is 1. The van der Waals surface area contributed by atoms with Crippen molar-refractivity contribution < 1.29 is 30.3 Å². The van der Waals surface area contributed by atoms with Crippen molar-refractivity contribution in [3.63, 3.8) is 0 Å². The first-order valence-corrected chi connectivity index (χ1v) is 20.1. The molecule has 1 aromatic rings. The fraction of sp³-hybridized carbons (Fsp3) is 0.756. The molecule has 1 aromatic carbocycles. The van der Waals surface area contributed by atoms with Crippen LogP contribution in [0.5, 0.6) is 0 Å². The Labute approximate surface area is 314 Å². The van der Waals surface area contributed by atoms with Gasteiger partial charge in [0.1, 0.15) is 12.6 Å². The SMILES string of the molecule is [2H][C@]1(CC2(C)CC[C@]3(C)CC[C@]4(C)C(=CC(=O)[C@@H]5[C@@]6(C)CC[C@H](O)C(C)(C)[C@@H]6CC[C@]54C)[C@@H]3C2)C(=O)O[C@@H](C(C)(C)C)N1C(=O)OCc1ccccc1. The number of cyclic esters (lactones) is 1. The Hall–Kier alpha value is -2.67. The van der Waals surface area contributed by atoms with E-state index in [0.717, 1.165) is 63.4 Å². The highest BCUT2D eigenvalue weighted by molar-refractivity contribution is 5.95. The number of carbonyl (C=O) groups is 3. The highest BCUT2D eigenvalue weighted by Gasteiger charge is 2.70. The Bertz CT molecular complexity index is 1700. The predicted octanol–water partition coefficient (Wildman–Crippen LogP) is 9.65. The summed E-state index contributed by atoms with van der Waals surface area (Å²) in [5.74, 6) is -0.138. The summed E-state index contributed by atoms with van der Waals surface area (Å²) in [6.45, 7) is 22.0. The van der Waals surface area contributed by atoms with Gasteiger partial charge in [-0.25, -0.2) is 9.59 Å². The molecule has 6 aliphatic rings. The van der Waals surface area contributed by atoms with Crippen LogP contribution in [0.2, 0.25) is 0 Å². The van der Waals surface area contributed by atoms with Crippen molar-refractivity contribution in [3.8, 4) is 0 Å². The van der Waals surface area contributed by atoms with Gasteiger partial charge in [-0.15, -0.1) is 0 Å². The topological polar surface area (TPSA) is 93.1 Å². The van der Waals surface area contributed by atoms with Crippen LogP contribution in [-0.2, 0) is 25.7 Å². The fourth-order valence-electron chi connectivity index (χ4n) is 13.0. The highest BCUT2D eigenvalue weighted by atomic mass is 16.6. The average Bonchev–Trinajstić information content (AvgIpc) is 3.33. The third kappa shape index (κ3) is 5.55. The van der Waals surface area contributed by atoms with Gasteiger partial charge in [0.05, 0.1) is 7.47 Å². The molecule has 7 heteroatoms. The molecule has 1 N–H and O–H groups in total. The van der Waals surface area contributed by atoms with E-state index in [1.165, 1.54) is 10.5 Å². The van der Waals surface area contributed by atoms with Crippen molar-refractivity contribution in [3.05, 3.63) is 47.5 Å². The van der Waals surface area contributed by atoms with E-state index < -0.39 is 35.1 Å². The predicted molar refractivity (Wildman–Crippen MR) is 202 cm³/mol. The van der Waals surface area contributed by atoms with E-state index in [0.29, 0.717) is 0 Å². The number of ether oxygens (including phenoxy) is 2. The van der Waals surface area contributed by atoms with Crippen LogP contribution in [0.1, 0.15) is 140 Å². The number of amides is 1. The number of carbonyl (C=O) groups excluding carboxylic acids is 3. The number of allylic oxidation sites excluding steroid dienone is 2. The molecule has 7 nitrogen and oxygen atoms in total. The molecule has 1 unspecified atom stereocenters. The van der Waals surface area contributed by atoms with Crippen LogP contribution in [0.4, 0.5) is 4.79 Å². The van der Waals surface area contributed by atoms with Crippen LogP contribution in [0, 0.1) is 55.7 Å². The number of hydrogen-bond acceptors (Lipinski definition) is 6. The second kappa shape index (κ2) is 12.2. The number of hydrogen-bond donors (Lipinski definition) is 1. The quantitative estimate of drug-likeness (QED) is 0.312. The van der Waals surface area contributed by atoms with E-state index in [1.54, 1.807) is 0 Å². The molecule has 52 heavy (non-hydrogen) atoms. The van der Waals surface area contributed by atoms with Crippen LogP contribution < -0.4 is 0 Å². The van der Waals surface area contributed by atoms with Crippen molar-refractivity contribution in [2.45, 2.75) is 158 Å². The first-order chi connectivity index (χ1) is 24.5. The van der Waals surface area contributed by atoms with E-state index in [2.05, 4.69) is 54.5 Å². The number of ketones is 1. The largest absolute Gasteiger partial charge is 0.444 e. The zero-order chi connectivity index (χ0) is 38.8. The second-order valence-electron chi connectivity index (χ2n) is 21.0. The third-order valence-electron chi connectivity index (χ3n) is 16.4. The van der Waals surface area contributed by atoms with Gasteiger partial charge in [-0.3, -0.25) is 9.69 Å². The summed E-state index contributed by atoms with van der Waals surface area (Å²) in [5, 5.41) is 11.1. The molecule has 5 aliphatic carbocycles.